The van der Waals surface area contributed by atoms with Crippen LogP contribution in [-0.4, -0.2) is 52.0 Å². The minimum atomic E-state index is -0.660. The molecule has 1 aromatic carbocycles. The van der Waals surface area contributed by atoms with Crippen molar-refractivity contribution in [3.8, 4) is 16.3 Å². The lowest BCUT2D eigenvalue weighted by Gasteiger charge is -2.52. The second-order valence-electron chi connectivity index (χ2n) is 10.4. The van der Waals surface area contributed by atoms with E-state index in [2.05, 4.69) is 15.2 Å². The average Bonchev–Trinajstić information content (AvgIpc) is 3.37. The SMILES string of the molecule is CCCCOc1c2n(cc(-c3nnc(Cc4ccc(F)cc4F)s3)c1=O)N(C)C1(CC[C@@H]3C[C@@H]31)N(C)C2=O. The van der Waals surface area contributed by atoms with Gasteiger partial charge in [-0.15, -0.1) is 10.2 Å². The fourth-order valence-corrected chi connectivity index (χ4v) is 7.02. The van der Waals surface area contributed by atoms with Gasteiger partial charge in [-0.3, -0.25) is 19.3 Å². The molecule has 2 fully saturated rings. The largest absolute Gasteiger partial charge is 0.487 e. The third kappa shape index (κ3) is 3.73. The molecule has 2 aromatic heterocycles. The number of ether oxygens (including phenoxy) is 1. The Balaban J connectivity index is 1.44. The summed E-state index contributed by atoms with van der Waals surface area (Å²) in [6, 6.07) is 3.41. The average molecular weight is 542 g/mol. The lowest BCUT2D eigenvalue weighted by atomic mass is 9.98. The van der Waals surface area contributed by atoms with Gasteiger partial charge in [0.1, 0.15) is 22.3 Å². The first-order valence-corrected chi connectivity index (χ1v) is 13.8. The molecule has 8 nitrogen and oxygen atoms in total. The van der Waals surface area contributed by atoms with E-state index in [1.54, 1.807) is 15.8 Å². The van der Waals surface area contributed by atoms with Crippen LogP contribution in [-0.2, 0) is 6.42 Å². The van der Waals surface area contributed by atoms with Crippen LogP contribution in [0.1, 0.15) is 60.1 Å². The third-order valence-corrected chi connectivity index (χ3v) is 9.27. The van der Waals surface area contributed by atoms with Crippen LogP contribution in [0.5, 0.6) is 5.75 Å². The van der Waals surface area contributed by atoms with Crippen LogP contribution in [0.15, 0.2) is 29.2 Å². The number of unbranched alkanes of at least 4 members (excludes halogenated alkanes) is 1. The molecule has 1 unspecified atom stereocenters. The fourth-order valence-electron chi connectivity index (χ4n) is 6.15. The monoisotopic (exact) mass is 541 g/mol. The summed E-state index contributed by atoms with van der Waals surface area (Å²) in [7, 11) is 3.78. The Morgan fingerprint density at radius 3 is 2.71 bits per heavy atom. The van der Waals surface area contributed by atoms with Crippen molar-refractivity contribution in [2.75, 3.05) is 25.7 Å². The van der Waals surface area contributed by atoms with Gasteiger partial charge in [0.05, 0.1) is 12.2 Å². The minimum absolute atomic E-state index is 0.0150. The zero-order valence-electron chi connectivity index (χ0n) is 21.5. The second kappa shape index (κ2) is 9.14. The van der Waals surface area contributed by atoms with Gasteiger partial charge in [0, 0.05) is 38.7 Å². The smallest absolute Gasteiger partial charge is 0.278 e. The van der Waals surface area contributed by atoms with Crippen LogP contribution in [0.3, 0.4) is 0 Å². The Morgan fingerprint density at radius 2 is 2.03 bits per heavy atom. The third-order valence-electron chi connectivity index (χ3n) is 8.32. The number of nitrogens with zero attached hydrogens (tertiary/aromatic N) is 5. The molecule has 3 heterocycles. The zero-order valence-corrected chi connectivity index (χ0v) is 22.4. The first-order chi connectivity index (χ1) is 18.3. The Hall–Kier alpha value is -3.34. The molecule has 6 rings (SSSR count). The predicted molar refractivity (Wildman–Crippen MR) is 139 cm³/mol. The first-order valence-electron chi connectivity index (χ1n) is 13.0. The van der Waals surface area contributed by atoms with Crippen molar-refractivity contribution in [2.45, 2.75) is 51.1 Å². The number of amides is 1. The van der Waals surface area contributed by atoms with E-state index in [0.717, 1.165) is 38.2 Å². The van der Waals surface area contributed by atoms with Gasteiger partial charge in [0.15, 0.2) is 16.5 Å². The maximum atomic E-state index is 14.2. The van der Waals surface area contributed by atoms with E-state index in [-0.39, 0.29) is 34.9 Å². The lowest BCUT2D eigenvalue weighted by Crippen LogP contribution is -2.68. The summed E-state index contributed by atoms with van der Waals surface area (Å²) >= 11 is 1.17. The van der Waals surface area contributed by atoms with Gasteiger partial charge in [-0.1, -0.05) is 30.7 Å². The van der Waals surface area contributed by atoms with Crippen molar-refractivity contribution < 1.29 is 18.3 Å². The number of benzene rings is 1. The summed E-state index contributed by atoms with van der Waals surface area (Å²) in [5, 5.41) is 11.3. The number of halogens is 2. The van der Waals surface area contributed by atoms with E-state index in [1.165, 1.54) is 23.5 Å². The molecule has 11 heteroatoms. The van der Waals surface area contributed by atoms with Crippen molar-refractivity contribution in [2.24, 2.45) is 11.8 Å². The standard InChI is InChI=1S/C27H29F2N5O3S/c1-4-5-10-37-24-22-26(36)32(2)27(9-8-15-11-19(15)27)33(3)34(22)14-18(23(24)35)25-31-30-21(38-25)12-16-6-7-17(28)13-20(16)29/h6-7,13-15,19H,4-5,8-12H2,1-3H3/t15-,19+,27?/m1/s1. The Labute approximate surface area is 222 Å². The van der Waals surface area contributed by atoms with Crippen molar-refractivity contribution in [1.29, 1.82) is 0 Å². The highest BCUT2D eigenvalue weighted by atomic mass is 32.1. The highest BCUT2D eigenvalue weighted by molar-refractivity contribution is 7.14. The number of carbonyl (C=O) groups is 1. The van der Waals surface area contributed by atoms with E-state index in [4.69, 9.17) is 4.74 Å². The van der Waals surface area contributed by atoms with Crippen LogP contribution in [0, 0.1) is 23.5 Å². The van der Waals surface area contributed by atoms with Gasteiger partial charge in [-0.2, -0.15) is 0 Å². The van der Waals surface area contributed by atoms with Gasteiger partial charge in [0.25, 0.3) is 5.91 Å². The number of rotatable bonds is 7. The normalized spacial score (nSPS) is 23.7. The van der Waals surface area contributed by atoms with Crippen LogP contribution < -0.4 is 15.2 Å². The van der Waals surface area contributed by atoms with Crippen molar-refractivity contribution in [3.63, 3.8) is 0 Å². The van der Waals surface area contributed by atoms with Gasteiger partial charge < -0.3 is 9.64 Å². The molecule has 1 spiro atoms. The predicted octanol–water partition coefficient (Wildman–Crippen LogP) is 4.19. The molecule has 2 saturated carbocycles. The van der Waals surface area contributed by atoms with Gasteiger partial charge in [0.2, 0.25) is 5.43 Å². The number of hydrogen-bond acceptors (Lipinski definition) is 7. The number of carbonyl (C=O) groups excluding carboxylic acids is 1. The van der Waals surface area contributed by atoms with E-state index < -0.39 is 22.7 Å². The van der Waals surface area contributed by atoms with Gasteiger partial charge in [-0.25, -0.2) is 8.78 Å². The molecule has 0 radical (unpaired) electrons. The number of aromatic nitrogens is 3. The van der Waals surface area contributed by atoms with Gasteiger partial charge in [-0.05, 0) is 43.2 Å². The van der Waals surface area contributed by atoms with E-state index >= 15 is 0 Å². The molecule has 3 aromatic rings. The number of fused-ring (bicyclic) bond motifs is 3. The highest BCUT2D eigenvalue weighted by Crippen LogP contribution is 2.61. The number of pyridine rings is 1. The molecule has 3 atom stereocenters. The van der Waals surface area contributed by atoms with Crippen molar-refractivity contribution in [3.05, 3.63) is 62.5 Å². The summed E-state index contributed by atoms with van der Waals surface area (Å²) < 4.78 is 35.3. The quantitative estimate of drug-likeness (QED) is 0.418. The highest BCUT2D eigenvalue weighted by Gasteiger charge is 2.65. The molecule has 38 heavy (non-hydrogen) atoms. The Kier molecular flexibility index (Phi) is 6.01. The summed E-state index contributed by atoms with van der Waals surface area (Å²) in [6.07, 6.45) is 6.41. The molecule has 0 bridgehead atoms. The van der Waals surface area contributed by atoms with Crippen LogP contribution >= 0.6 is 11.3 Å². The molecule has 200 valence electrons. The molecular weight excluding hydrogens is 512 g/mol. The van der Waals surface area contributed by atoms with E-state index in [0.29, 0.717) is 28.5 Å². The maximum Gasteiger partial charge on any atom is 0.278 e. The molecule has 1 aliphatic heterocycles. The lowest BCUT2D eigenvalue weighted by molar-refractivity contribution is 0.0327. The summed E-state index contributed by atoms with van der Waals surface area (Å²) in [4.78, 5) is 29.3. The molecule has 2 aliphatic carbocycles. The zero-order chi connectivity index (χ0) is 26.8. The molecule has 0 N–H and O–H groups in total. The Bertz CT molecular complexity index is 1490. The molecule has 1 amide bonds. The summed E-state index contributed by atoms with van der Waals surface area (Å²) in [6.45, 7) is 2.33. The summed E-state index contributed by atoms with van der Waals surface area (Å²) in [5.74, 6) is -0.515. The molecule has 3 aliphatic rings. The Morgan fingerprint density at radius 1 is 1.21 bits per heavy atom. The first kappa shape index (κ1) is 25.0. The van der Waals surface area contributed by atoms with Crippen molar-refractivity contribution in [1.82, 2.24) is 19.8 Å². The van der Waals surface area contributed by atoms with E-state index in [1.807, 2.05) is 21.0 Å². The number of hydrogen-bond donors (Lipinski definition) is 0. The topological polar surface area (TPSA) is 80.6 Å². The maximum absolute atomic E-state index is 14.2. The van der Waals surface area contributed by atoms with Crippen LogP contribution in [0.25, 0.3) is 10.6 Å². The fraction of sp³-hybridized carbons (Fsp3) is 0.481. The van der Waals surface area contributed by atoms with Gasteiger partial charge >= 0.3 is 0 Å². The van der Waals surface area contributed by atoms with Crippen LogP contribution in [0.2, 0.25) is 0 Å². The van der Waals surface area contributed by atoms with Crippen molar-refractivity contribution >= 4 is 17.2 Å². The molecule has 0 saturated heterocycles. The minimum Gasteiger partial charge on any atom is -0.487 e. The summed E-state index contributed by atoms with van der Waals surface area (Å²) in [5.41, 5.74) is -0.102. The van der Waals surface area contributed by atoms with E-state index in [9.17, 15) is 18.4 Å². The van der Waals surface area contributed by atoms with Crippen LogP contribution in [0.4, 0.5) is 8.78 Å². The molecular formula is C27H29F2N5O3S. The second-order valence-corrected chi connectivity index (χ2v) is 11.5.